The van der Waals surface area contributed by atoms with E-state index in [1.165, 1.54) is 12.4 Å². The molecule has 0 bridgehead atoms. The molecule has 1 amide bonds. The van der Waals surface area contributed by atoms with Gasteiger partial charge in [-0.3, -0.25) is 14.3 Å². The summed E-state index contributed by atoms with van der Waals surface area (Å²) in [6, 6.07) is 4.34. The maximum Gasteiger partial charge on any atom is 0.251 e. The number of Topliss-reactive ketones (excluding diaryl/α,β-unsaturated/α-hetero) is 1. The molecule has 0 aliphatic heterocycles. The van der Waals surface area contributed by atoms with Gasteiger partial charge in [-0.25, -0.2) is 13.4 Å². The summed E-state index contributed by atoms with van der Waals surface area (Å²) in [7, 11) is -3.42. The lowest BCUT2D eigenvalue weighted by molar-refractivity contribution is -0.120. The Morgan fingerprint density at radius 2 is 2.09 bits per heavy atom. The first-order chi connectivity index (χ1) is 15.3. The number of hydrogen-bond acceptors (Lipinski definition) is 7. The van der Waals surface area contributed by atoms with Crippen LogP contribution < -0.4 is 5.32 Å². The standard InChI is InChI=1S/C21H21ClN4O4S2/c22-19-11-23-21(31-19)25-20(28)17(9-12-4-5-13(27)8-12)26-16-2-1-3-18(15(16)10-24-26)32(29,30)14-6-7-14/h1-3,10-12,14,17H,4-9H2,(H,23,25,28)/t12-,17-/m0/s1. The first-order valence-corrected chi connectivity index (χ1v) is 13.2. The number of anilines is 1. The van der Waals surface area contributed by atoms with E-state index >= 15 is 0 Å². The predicted molar refractivity (Wildman–Crippen MR) is 122 cm³/mol. The monoisotopic (exact) mass is 492 g/mol. The Bertz CT molecular complexity index is 1310. The van der Waals surface area contributed by atoms with E-state index in [4.69, 9.17) is 11.6 Å². The summed E-state index contributed by atoms with van der Waals surface area (Å²) >= 11 is 7.09. The molecule has 0 unspecified atom stereocenters. The second-order valence-electron chi connectivity index (χ2n) is 8.38. The highest BCUT2D eigenvalue weighted by atomic mass is 35.5. The molecule has 32 heavy (non-hydrogen) atoms. The fourth-order valence-electron chi connectivity index (χ4n) is 4.33. The number of nitrogens with one attached hydrogen (secondary N) is 1. The third-order valence-electron chi connectivity index (χ3n) is 6.08. The number of rotatable bonds is 7. The number of carbonyl (C=O) groups excluding carboxylic acids is 2. The number of amides is 1. The smallest absolute Gasteiger partial charge is 0.251 e. The Morgan fingerprint density at radius 3 is 2.75 bits per heavy atom. The molecule has 1 aromatic carbocycles. The van der Waals surface area contributed by atoms with Crippen molar-refractivity contribution in [3.05, 3.63) is 34.9 Å². The highest BCUT2D eigenvalue weighted by Gasteiger charge is 2.38. The molecule has 1 N–H and O–H groups in total. The molecule has 2 fully saturated rings. The van der Waals surface area contributed by atoms with E-state index in [2.05, 4.69) is 15.4 Å². The van der Waals surface area contributed by atoms with Crippen molar-refractivity contribution in [3.8, 4) is 0 Å². The second-order valence-corrected chi connectivity index (χ2v) is 12.2. The van der Waals surface area contributed by atoms with Gasteiger partial charge in [0, 0.05) is 18.2 Å². The van der Waals surface area contributed by atoms with E-state index in [1.54, 1.807) is 22.9 Å². The molecule has 2 aliphatic carbocycles. The topological polar surface area (TPSA) is 111 Å². The van der Waals surface area contributed by atoms with Gasteiger partial charge in [-0.05, 0) is 43.7 Å². The van der Waals surface area contributed by atoms with Gasteiger partial charge in [-0.15, -0.1) is 0 Å². The maximum atomic E-state index is 13.3. The van der Waals surface area contributed by atoms with Crippen LogP contribution in [0.25, 0.3) is 10.9 Å². The molecule has 2 aromatic heterocycles. The Kier molecular flexibility index (Phi) is 5.55. The van der Waals surface area contributed by atoms with Gasteiger partial charge in [0.2, 0.25) is 0 Å². The summed E-state index contributed by atoms with van der Waals surface area (Å²) in [6.45, 7) is 0. The summed E-state index contributed by atoms with van der Waals surface area (Å²) < 4.78 is 27.8. The van der Waals surface area contributed by atoms with Crippen molar-refractivity contribution in [3.63, 3.8) is 0 Å². The zero-order valence-corrected chi connectivity index (χ0v) is 19.4. The molecule has 2 saturated carbocycles. The lowest BCUT2D eigenvalue weighted by atomic mass is 9.97. The molecular weight excluding hydrogens is 472 g/mol. The number of fused-ring (bicyclic) bond motifs is 1. The zero-order chi connectivity index (χ0) is 22.5. The molecule has 2 aliphatic rings. The average Bonchev–Trinajstić information content (AvgIpc) is 3.24. The summed E-state index contributed by atoms with van der Waals surface area (Å²) in [5.74, 6) is -0.0596. The Labute approximate surface area is 193 Å². The number of hydrogen-bond donors (Lipinski definition) is 1. The largest absolute Gasteiger partial charge is 0.300 e. The van der Waals surface area contributed by atoms with Gasteiger partial charge in [-0.1, -0.05) is 29.0 Å². The van der Waals surface area contributed by atoms with E-state index in [0.717, 1.165) is 17.8 Å². The third-order valence-corrected chi connectivity index (χ3v) is 9.43. The number of carbonyl (C=O) groups is 2. The van der Waals surface area contributed by atoms with Crippen LogP contribution in [0, 0.1) is 5.92 Å². The van der Waals surface area contributed by atoms with Crippen molar-refractivity contribution in [2.75, 3.05) is 5.32 Å². The average molecular weight is 493 g/mol. The van der Waals surface area contributed by atoms with E-state index in [1.807, 2.05) is 0 Å². The third kappa shape index (κ3) is 4.06. The number of halogens is 1. The Balaban J connectivity index is 1.53. The van der Waals surface area contributed by atoms with E-state index < -0.39 is 15.9 Å². The van der Waals surface area contributed by atoms with Gasteiger partial charge in [0.1, 0.15) is 16.2 Å². The van der Waals surface area contributed by atoms with Crippen LogP contribution in [-0.4, -0.2) is 40.1 Å². The second kappa shape index (κ2) is 8.24. The zero-order valence-electron chi connectivity index (χ0n) is 17.0. The minimum absolute atomic E-state index is 0.0655. The van der Waals surface area contributed by atoms with Gasteiger partial charge < -0.3 is 5.32 Å². The van der Waals surface area contributed by atoms with Crippen molar-refractivity contribution in [2.24, 2.45) is 5.92 Å². The first-order valence-electron chi connectivity index (χ1n) is 10.5. The Hall–Kier alpha value is -2.30. The van der Waals surface area contributed by atoms with Crippen LogP contribution in [0.4, 0.5) is 5.13 Å². The summed E-state index contributed by atoms with van der Waals surface area (Å²) in [6.07, 6.45) is 6.43. The molecule has 3 aromatic rings. The van der Waals surface area contributed by atoms with Crippen LogP contribution in [0.2, 0.25) is 4.34 Å². The minimum Gasteiger partial charge on any atom is -0.300 e. The molecular formula is C21H21ClN4O4S2. The number of aromatic nitrogens is 3. The number of benzene rings is 1. The number of sulfone groups is 1. The van der Waals surface area contributed by atoms with Crippen molar-refractivity contribution < 1.29 is 18.0 Å². The minimum atomic E-state index is -3.42. The van der Waals surface area contributed by atoms with E-state index in [0.29, 0.717) is 52.5 Å². The summed E-state index contributed by atoms with van der Waals surface area (Å²) in [5, 5.41) is 7.78. The molecule has 11 heteroatoms. The van der Waals surface area contributed by atoms with Crippen molar-refractivity contribution >= 4 is 60.5 Å². The van der Waals surface area contributed by atoms with Crippen LogP contribution in [0.5, 0.6) is 0 Å². The molecule has 0 radical (unpaired) electrons. The number of thiazole rings is 1. The SMILES string of the molecule is O=C1CC[C@H](C[C@@H](C(=O)Nc2ncc(Cl)s2)n2ncc3c(S(=O)(=O)C4CC4)cccc32)C1. The van der Waals surface area contributed by atoms with Crippen molar-refractivity contribution in [1.29, 1.82) is 0 Å². The normalized spacial score (nSPS) is 20.0. The molecule has 0 saturated heterocycles. The fraction of sp³-hybridized carbons (Fsp3) is 0.429. The van der Waals surface area contributed by atoms with Gasteiger partial charge in [0.25, 0.3) is 5.91 Å². The highest BCUT2D eigenvalue weighted by Crippen LogP contribution is 2.38. The van der Waals surface area contributed by atoms with Crippen LogP contribution in [-0.2, 0) is 19.4 Å². The van der Waals surface area contributed by atoms with Crippen LogP contribution in [0.15, 0.2) is 35.5 Å². The van der Waals surface area contributed by atoms with Gasteiger partial charge in [0.05, 0.1) is 28.1 Å². The molecule has 8 nitrogen and oxygen atoms in total. The first kappa shape index (κ1) is 21.5. The fourth-order valence-corrected chi connectivity index (χ4v) is 6.99. The van der Waals surface area contributed by atoms with E-state index in [9.17, 15) is 18.0 Å². The lowest BCUT2D eigenvalue weighted by Crippen LogP contribution is -2.28. The van der Waals surface area contributed by atoms with E-state index in [-0.39, 0.29) is 27.8 Å². The van der Waals surface area contributed by atoms with Crippen LogP contribution in [0.3, 0.4) is 0 Å². The number of nitrogens with zero attached hydrogens (tertiary/aromatic N) is 3. The summed E-state index contributed by atoms with van der Waals surface area (Å²) in [4.78, 5) is 29.4. The van der Waals surface area contributed by atoms with Gasteiger partial charge >= 0.3 is 0 Å². The Morgan fingerprint density at radius 1 is 1.28 bits per heavy atom. The number of ketones is 1. The molecule has 2 heterocycles. The van der Waals surface area contributed by atoms with Gasteiger partial charge in [0.15, 0.2) is 15.0 Å². The lowest BCUT2D eigenvalue weighted by Gasteiger charge is -2.21. The van der Waals surface area contributed by atoms with Gasteiger partial charge in [-0.2, -0.15) is 5.10 Å². The van der Waals surface area contributed by atoms with Crippen molar-refractivity contribution in [2.45, 2.75) is 54.7 Å². The maximum absolute atomic E-state index is 13.3. The quantitative estimate of drug-likeness (QED) is 0.533. The molecule has 0 spiro atoms. The summed E-state index contributed by atoms with van der Waals surface area (Å²) in [5.41, 5.74) is 0.577. The molecule has 5 rings (SSSR count). The van der Waals surface area contributed by atoms with Crippen LogP contribution in [0.1, 0.15) is 44.6 Å². The highest BCUT2D eigenvalue weighted by molar-refractivity contribution is 7.92. The van der Waals surface area contributed by atoms with Crippen molar-refractivity contribution in [1.82, 2.24) is 14.8 Å². The van der Waals surface area contributed by atoms with Crippen LogP contribution >= 0.6 is 22.9 Å². The molecule has 168 valence electrons. The predicted octanol–water partition coefficient (Wildman–Crippen LogP) is 4.02. The molecule has 2 atom stereocenters.